The second-order valence-corrected chi connectivity index (χ2v) is 5.63. The Morgan fingerprint density at radius 1 is 0.944 bits per heavy atom. The minimum atomic E-state index is -0.00607. The van der Waals surface area contributed by atoms with E-state index in [1.807, 2.05) is 6.92 Å². The average Bonchev–Trinajstić information content (AvgIpc) is 2.35. The van der Waals surface area contributed by atoms with Crippen molar-refractivity contribution < 1.29 is 9.53 Å². The van der Waals surface area contributed by atoms with Crippen LogP contribution in [-0.4, -0.2) is 12.6 Å². The lowest BCUT2D eigenvalue weighted by Crippen LogP contribution is -2.18. The molecule has 0 spiro atoms. The first-order chi connectivity index (χ1) is 8.61. The molecule has 0 aliphatic carbocycles. The lowest BCUT2D eigenvalue weighted by Gasteiger charge is -2.14. The maximum Gasteiger partial charge on any atom is 0.308 e. The summed E-state index contributed by atoms with van der Waals surface area (Å²) in [7, 11) is 0. The van der Waals surface area contributed by atoms with Crippen molar-refractivity contribution in [3.8, 4) is 0 Å². The monoisotopic (exact) mass is 256 g/mol. The minimum absolute atomic E-state index is 0.00607. The summed E-state index contributed by atoms with van der Waals surface area (Å²) in [6, 6.07) is 0. The van der Waals surface area contributed by atoms with Gasteiger partial charge in [0.1, 0.15) is 0 Å². The fourth-order valence-electron chi connectivity index (χ4n) is 2.11. The molecule has 0 bridgehead atoms. The Labute approximate surface area is 113 Å². The van der Waals surface area contributed by atoms with Gasteiger partial charge in [0.05, 0.1) is 12.5 Å². The van der Waals surface area contributed by atoms with E-state index in [1.54, 1.807) is 0 Å². The third-order valence-electron chi connectivity index (χ3n) is 3.43. The largest absolute Gasteiger partial charge is 0.465 e. The number of unbranched alkanes of at least 4 members (excludes halogenated alkanes) is 4. The van der Waals surface area contributed by atoms with Crippen molar-refractivity contribution in [2.45, 2.75) is 79.1 Å². The van der Waals surface area contributed by atoms with E-state index in [2.05, 4.69) is 20.8 Å². The number of ether oxygens (including phenoxy) is 1. The molecule has 0 rings (SSSR count). The van der Waals surface area contributed by atoms with Crippen LogP contribution in [0.3, 0.4) is 0 Å². The first-order valence-corrected chi connectivity index (χ1v) is 7.78. The number of carbonyl (C=O) groups is 1. The van der Waals surface area contributed by atoms with Gasteiger partial charge >= 0.3 is 5.97 Å². The molecule has 0 N–H and O–H groups in total. The summed E-state index contributed by atoms with van der Waals surface area (Å²) in [5, 5.41) is 0. The smallest absolute Gasteiger partial charge is 0.308 e. The number of rotatable bonds is 11. The molecule has 0 aliphatic heterocycles. The topological polar surface area (TPSA) is 26.3 Å². The first kappa shape index (κ1) is 17.5. The van der Waals surface area contributed by atoms with E-state index >= 15 is 0 Å². The van der Waals surface area contributed by atoms with Gasteiger partial charge in [0.15, 0.2) is 0 Å². The van der Waals surface area contributed by atoms with Gasteiger partial charge in [-0.25, -0.2) is 0 Å². The van der Waals surface area contributed by atoms with Gasteiger partial charge in [-0.2, -0.15) is 0 Å². The van der Waals surface area contributed by atoms with Gasteiger partial charge in [-0.3, -0.25) is 4.79 Å². The molecule has 0 amide bonds. The van der Waals surface area contributed by atoms with Crippen LogP contribution in [0.25, 0.3) is 0 Å². The van der Waals surface area contributed by atoms with Crippen molar-refractivity contribution in [3.05, 3.63) is 0 Å². The predicted molar refractivity (Wildman–Crippen MR) is 77.6 cm³/mol. The average molecular weight is 256 g/mol. The van der Waals surface area contributed by atoms with Gasteiger partial charge in [0.2, 0.25) is 0 Å². The second kappa shape index (κ2) is 11.6. The van der Waals surface area contributed by atoms with Crippen LogP contribution >= 0.6 is 0 Å². The van der Waals surface area contributed by atoms with E-state index in [9.17, 15) is 4.79 Å². The third kappa shape index (κ3) is 9.49. The SMILES string of the molecule is CCCCCCCC(C)C(=O)OCC(C)CCC. The summed E-state index contributed by atoms with van der Waals surface area (Å²) in [4.78, 5) is 11.7. The molecular formula is C16H32O2. The summed E-state index contributed by atoms with van der Waals surface area (Å²) < 4.78 is 5.36. The Hall–Kier alpha value is -0.530. The van der Waals surface area contributed by atoms with Crippen molar-refractivity contribution in [2.24, 2.45) is 11.8 Å². The molecule has 2 atom stereocenters. The van der Waals surface area contributed by atoms with E-state index in [-0.39, 0.29) is 11.9 Å². The van der Waals surface area contributed by atoms with E-state index in [0.717, 1.165) is 25.7 Å². The van der Waals surface area contributed by atoms with Crippen LogP contribution in [0.2, 0.25) is 0 Å². The maximum absolute atomic E-state index is 11.7. The van der Waals surface area contributed by atoms with Crippen LogP contribution in [0.4, 0.5) is 0 Å². The Kier molecular flexibility index (Phi) is 11.2. The number of carbonyl (C=O) groups excluding carboxylic acids is 1. The van der Waals surface area contributed by atoms with Gasteiger partial charge in [-0.05, 0) is 18.8 Å². The van der Waals surface area contributed by atoms with Crippen molar-refractivity contribution in [1.82, 2.24) is 0 Å². The fourth-order valence-corrected chi connectivity index (χ4v) is 2.11. The minimum Gasteiger partial charge on any atom is -0.465 e. The number of esters is 1. The van der Waals surface area contributed by atoms with E-state index in [4.69, 9.17) is 4.74 Å². The summed E-state index contributed by atoms with van der Waals surface area (Å²) >= 11 is 0. The fraction of sp³-hybridized carbons (Fsp3) is 0.938. The summed E-state index contributed by atoms with van der Waals surface area (Å²) in [5.41, 5.74) is 0. The molecule has 0 heterocycles. The van der Waals surface area contributed by atoms with Gasteiger partial charge in [0, 0.05) is 0 Å². The molecule has 0 saturated carbocycles. The molecule has 0 radical (unpaired) electrons. The lowest BCUT2D eigenvalue weighted by molar-refractivity contribution is -0.149. The highest BCUT2D eigenvalue weighted by atomic mass is 16.5. The molecule has 18 heavy (non-hydrogen) atoms. The van der Waals surface area contributed by atoms with Crippen molar-refractivity contribution >= 4 is 5.97 Å². The van der Waals surface area contributed by atoms with Crippen molar-refractivity contribution in [3.63, 3.8) is 0 Å². The Balaban J connectivity index is 3.56. The summed E-state index contributed by atoms with van der Waals surface area (Å²) in [6.45, 7) is 9.11. The van der Waals surface area contributed by atoms with Crippen LogP contribution in [0, 0.1) is 11.8 Å². The molecule has 108 valence electrons. The van der Waals surface area contributed by atoms with Gasteiger partial charge in [-0.1, -0.05) is 66.2 Å². The highest BCUT2D eigenvalue weighted by molar-refractivity contribution is 5.71. The highest BCUT2D eigenvalue weighted by Crippen LogP contribution is 2.14. The Bertz CT molecular complexity index is 201. The molecule has 0 aromatic rings. The number of hydrogen-bond donors (Lipinski definition) is 0. The van der Waals surface area contributed by atoms with Crippen LogP contribution in [0.1, 0.15) is 79.1 Å². The first-order valence-electron chi connectivity index (χ1n) is 7.78. The molecule has 2 unspecified atom stereocenters. The molecule has 2 heteroatoms. The molecule has 0 saturated heterocycles. The highest BCUT2D eigenvalue weighted by Gasteiger charge is 2.14. The molecule has 2 nitrogen and oxygen atoms in total. The molecule has 0 fully saturated rings. The van der Waals surface area contributed by atoms with E-state index in [0.29, 0.717) is 12.5 Å². The van der Waals surface area contributed by atoms with E-state index < -0.39 is 0 Å². The zero-order valence-corrected chi connectivity index (χ0v) is 12.8. The molecular weight excluding hydrogens is 224 g/mol. The summed E-state index contributed by atoms with van der Waals surface area (Å²) in [6.07, 6.45) is 9.56. The van der Waals surface area contributed by atoms with Crippen LogP contribution in [-0.2, 0) is 9.53 Å². The third-order valence-corrected chi connectivity index (χ3v) is 3.43. The Morgan fingerprint density at radius 3 is 2.22 bits per heavy atom. The van der Waals surface area contributed by atoms with E-state index in [1.165, 1.54) is 25.7 Å². The summed E-state index contributed by atoms with van der Waals surface area (Å²) in [5.74, 6) is 0.560. The molecule has 0 aliphatic rings. The van der Waals surface area contributed by atoms with Gasteiger partial charge < -0.3 is 4.74 Å². The number of hydrogen-bond acceptors (Lipinski definition) is 2. The quantitative estimate of drug-likeness (QED) is 0.385. The molecule has 0 aromatic heterocycles. The van der Waals surface area contributed by atoms with Crippen molar-refractivity contribution in [1.29, 1.82) is 0 Å². The van der Waals surface area contributed by atoms with Gasteiger partial charge in [0.25, 0.3) is 0 Å². The van der Waals surface area contributed by atoms with Crippen molar-refractivity contribution in [2.75, 3.05) is 6.61 Å². The maximum atomic E-state index is 11.7. The lowest BCUT2D eigenvalue weighted by atomic mass is 10.0. The van der Waals surface area contributed by atoms with Crippen LogP contribution < -0.4 is 0 Å². The van der Waals surface area contributed by atoms with Gasteiger partial charge in [-0.15, -0.1) is 0 Å². The molecule has 0 aromatic carbocycles. The zero-order chi connectivity index (χ0) is 13.8. The zero-order valence-electron chi connectivity index (χ0n) is 12.8. The second-order valence-electron chi connectivity index (χ2n) is 5.63. The van der Waals surface area contributed by atoms with Crippen LogP contribution in [0.5, 0.6) is 0 Å². The Morgan fingerprint density at radius 2 is 1.61 bits per heavy atom. The predicted octanol–water partition coefficient (Wildman–Crippen LogP) is 4.96. The normalized spacial score (nSPS) is 14.2. The standard InChI is InChI=1S/C16H32O2/c1-5-7-8-9-10-12-15(4)16(17)18-13-14(3)11-6-2/h14-15H,5-13H2,1-4H3. The van der Waals surface area contributed by atoms with Crippen LogP contribution in [0.15, 0.2) is 0 Å².